The molecule has 0 saturated heterocycles. The predicted molar refractivity (Wildman–Crippen MR) is 76.4 cm³/mol. The fraction of sp³-hybridized carbons (Fsp3) is 0.0714. The third kappa shape index (κ3) is 3.62. The van der Waals surface area contributed by atoms with Gasteiger partial charge in [0.25, 0.3) is 0 Å². The molecule has 3 nitrogen and oxygen atoms in total. The molecule has 0 bridgehead atoms. The second-order valence-electron chi connectivity index (χ2n) is 4.17. The maximum Gasteiger partial charge on any atom is 0.341 e. The lowest BCUT2D eigenvalue weighted by Crippen LogP contribution is -2.09. The van der Waals surface area contributed by atoms with Crippen molar-refractivity contribution < 1.29 is 18.3 Å². The Balaban J connectivity index is 2.15. The zero-order valence-corrected chi connectivity index (χ0v) is 12.0. The van der Waals surface area contributed by atoms with Crippen molar-refractivity contribution in [1.29, 1.82) is 0 Å². The molecule has 0 atom stereocenters. The van der Waals surface area contributed by atoms with Crippen molar-refractivity contribution in [3.05, 3.63) is 63.1 Å². The summed E-state index contributed by atoms with van der Waals surface area (Å²) in [7, 11) is 0. The summed E-state index contributed by atoms with van der Waals surface area (Å²) in [5, 5.41) is 0.772. The number of ether oxygens (including phenoxy) is 1. The normalized spacial score (nSPS) is 10.5. The highest BCUT2D eigenvalue weighted by molar-refractivity contribution is 6.33. The number of hydrogen-bond donors (Lipinski definition) is 1. The summed E-state index contributed by atoms with van der Waals surface area (Å²) in [6, 6.07) is 6.05. The first-order valence-electron chi connectivity index (χ1n) is 5.74. The quantitative estimate of drug-likeness (QED) is 0.677. The maximum absolute atomic E-state index is 13.5. The van der Waals surface area contributed by atoms with Crippen LogP contribution in [0.4, 0.5) is 14.5 Å². The number of carbonyl (C=O) groups is 1. The van der Waals surface area contributed by atoms with Gasteiger partial charge in [-0.15, -0.1) is 0 Å². The zero-order chi connectivity index (χ0) is 15.6. The van der Waals surface area contributed by atoms with Gasteiger partial charge in [0.2, 0.25) is 0 Å². The highest BCUT2D eigenvalue weighted by Crippen LogP contribution is 2.22. The fourth-order valence-corrected chi connectivity index (χ4v) is 1.96. The van der Waals surface area contributed by atoms with Crippen LogP contribution in [0.1, 0.15) is 15.9 Å². The molecular weight excluding hydrogens is 323 g/mol. The molecule has 0 aliphatic heterocycles. The largest absolute Gasteiger partial charge is 0.457 e. The lowest BCUT2D eigenvalue weighted by atomic mass is 10.2. The minimum absolute atomic E-state index is 0.199. The summed E-state index contributed by atoms with van der Waals surface area (Å²) >= 11 is 11.7. The van der Waals surface area contributed by atoms with Crippen molar-refractivity contribution in [1.82, 2.24) is 0 Å². The number of benzene rings is 2. The molecule has 0 radical (unpaired) electrons. The van der Waals surface area contributed by atoms with Gasteiger partial charge in [-0.1, -0.05) is 23.2 Å². The highest BCUT2D eigenvalue weighted by Gasteiger charge is 2.17. The van der Waals surface area contributed by atoms with E-state index in [1.807, 2.05) is 0 Å². The van der Waals surface area contributed by atoms with Gasteiger partial charge in [-0.05, 0) is 24.3 Å². The number of hydrogen-bond acceptors (Lipinski definition) is 3. The van der Waals surface area contributed by atoms with Gasteiger partial charge in [0, 0.05) is 21.7 Å². The highest BCUT2D eigenvalue weighted by atomic mass is 35.5. The van der Waals surface area contributed by atoms with Crippen LogP contribution in [0.2, 0.25) is 10.0 Å². The third-order valence-corrected chi connectivity index (χ3v) is 3.28. The minimum Gasteiger partial charge on any atom is -0.457 e. The Kier molecular flexibility index (Phi) is 4.65. The van der Waals surface area contributed by atoms with Gasteiger partial charge in [-0.25, -0.2) is 13.6 Å². The number of anilines is 1. The lowest BCUT2D eigenvalue weighted by molar-refractivity contribution is 0.0467. The van der Waals surface area contributed by atoms with Crippen LogP contribution < -0.4 is 5.73 Å². The van der Waals surface area contributed by atoms with Crippen LogP contribution in [0.15, 0.2) is 30.3 Å². The van der Waals surface area contributed by atoms with E-state index in [1.165, 1.54) is 6.07 Å². The maximum atomic E-state index is 13.5. The van der Waals surface area contributed by atoms with Crippen molar-refractivity contribution >= 4 is 34.9 Å². The van der Waals surface area contributed by atoms with Gasteiger partial charge in [0.1, 0.15) is 18.2 Å². The Morgan fingerprint density at radius 2 is 1.86 bits per heavy atom. The summed E-state index contributed by atoms with van der Waals surface area (Å²) in [5.74, 6) is -2.97. The second kappa shape index (κ2) is 6.28. The molecule has 0 aromatic heterocycles. The Labute approximate surface area is 129 Å². The molecule has 21 heavy (non-hydrogen) atoms. The van der Waals surface area contributed by atoms with Crippen LogP contribution in [-0.2, 0) is 11.3 Å². The van der Waals surface area contributed by atoms with E-state index in [0.29, 0.717) is 21.7 Å². The average Bonchev–Trinajstić information content (AvgIpc) is 2.43. The molecular formula is C14H9Cl2F2NO2. The Hall–Kier alpha value is -1.85. The first kappa shape index (κ1) is 15.5. The second-order valence-corrected chi connectivity index (χ2v) is 5.01. The van der Waals surface area contributed by atoms with Crippen LogP contribution in [0.25, 0.3) is 0 Å². The molecule has 0 saturated carbocycles. The standard InChI is InChI=1S/C14H9Cl2F2NO2/c15-8-1-2-10(16)7(3-8)6-21-14(20)9-4-13(19)12(18)5-11(9)17/h1-5H,6,19H2. The molecule has 0 heterocycles. The molecule has 2 aromatic rings. The summed E-state index contributed by atoms with van der Waals surface area (Å²) in [6.07, 6.45) is 0. The molecule has 110 valence electrons. The van der Waals surface area contributed by atoms with Gasteiger partial charge >= 0.3 is 5.97 Å². The van der Waals surface area contributed by atoms with Crippen LogP contribution in [0.3, 0.4) is 0 Å². The van der Waals surface area contributed by atoms with E-state index >= 15 is 0 Å². The number of esters is 1. The number of halogens is 4. The topological polar surface area (TPSA) is 52.3 Å². The van der Waals surface area contributed by atoms with Crippen molar-refractivity contribution in [3.8, 4) is 0 Å². The van der Waals surface area contributed by atoms with Gasteiger partial charge in [0.05, 0.1) is 11.3 Å². The zero-order valence-electron chi connectivity index (χ0n) is 10.5. The van der Waals surface area contributed by atoms with Crippen molar-refractivity contribution in [3.63, 3.8) is 0 Å². The molecule has 2 rings (SSSR count). The molecule has 2 N–H and O–H groups in total. The molecule has 0 aliphatic carbocycles. The molecule has 0 fully saturated rings. The Bertz CT molecular complexity index is 708. The number of nitrogen functional groups attached to an aromatic ring is 1. The fourth-order valence-electron chi connectivity index (χ4n) is 1.60. The summed E-state index contributed by atoms with van der Waals surface area (Å²) in [5.41, 5.74) is 4.96. The van der Waals surface area contributed by atoms with Crippen molar-refractivity contribution in [2.75, 3.05) is 5.73 Å². The first-order valence-corrected chi connectivity index (χ1v) is 6.49. The van der Waals surface area contributed by atoms with Gasteiger partial charge in [-0.3, -0.25) is 0 Å². The van der Waals surface area contributed by atoms with Crippen LogP contribution in [-0.4, -0.2) is 5.97 Å². The summed E-state index contributed by atoms with van der Waals surface area (Å²) < 4.78 is 31.5. The predicted octanol–water partition coefficient (Wildman–Crippen LogP) is 4.21. The minimum atomic E-state index is -1.05. The smallest absolute Gasteiger partial charge is 0.341 e. The SMILES string of the molecule is Nc1cc(C(=O)OCc2cc(Cl)ccc2Cl)c(F)cc1F. The van der Waals surface area contributed by atoms with Crippen LogP contribution >= 0.6 is 23.2 Å². The lowest BCUT2D eigenvalue weighted by Gasteiger charge is -2.08. The molecule has 0 unspecified atom stereocenters. The van der Waals surface area contributed by atoms with E-state index < -0.39 is 23.2 Å². The summed E-state index contributed by atoms with van der Waals surface area (Å²) in [6.45, 7) is -0.199. The van der Waals surface area contributed by atoms with E-state index in [-0.39, 0.29) is 12.3 Å². The van der Waals surface area contributed by atoms with E-state index in [0.717, 1.165) is 6.07 Å². The third-order valence-electron chi connectivity index (χ3n) is 2.67. The van der Waals surface area contributed by atoms with E-state index in [2.05, 4.69) is 0 Å². The summed E-state index contributed by atoms with van der Waals surface area (Å²) in [4.78, 5) is 11.8. The van der Waals surface area contributed by atoms with Crippen molar-refractivity contribution in [2.45, 2.75) is 6.61 Å². The van der Waals surface area contributed by atoms with Gasteiger partial charge in [0.15, 0.2) is 0 Å². The first-order chi connectivity index (χ1) is 9.88. The van der Waals surface area contributed by atoms with Crippen LogP contribution in [0.5, 0.6) is 0 Å². The molecule has 2 aromatic carbocycles. The van der Waals surface area contributed by atoms with Gasteiger partial charge < -0.3 is 10.5 Å². The number of carbonyl (C=O) groups excluding carboxylic acids is 1. The van der Waals surface area contributed by atoms with Crippen molar-refractivity contribution in [2.24, 2.45) is 0 Å². The molecule has 0 aliphatic rings. The van der Waals surface area contributed by atoms with Gasteiger partial charge in [-0.2, -0.15) is 0 Å². The van der Waals surface area contributed by atoms with E-state index in [4.69, 9.17) is 33.7 Å². The molecule has 7 heteroatoms. The monoisotopic (exact) mass is 331 g/mol. The van der Waals surface area contributed by atoms with E-state index in [1.54, 1.807) is 12.1 Å². The number of nitrogens with two attached hydrogens (primary N) is 1. The van der Waals surface area contributed by atoms with Crippen LogP contribution in [0, 0.1) is 11.6 Å². The Morgan fingerprint density at radius 1 is 1.14 bits per heavy atom. The average molecular weight is 332 g/mol. The van der Waals surface area contributed by atoms with E-state index in [9.17, 15) is 13.6 Å². The molecule has 0 spiro atoms. The Morgan fingerprint density at radius 3 is 2.57 bits per heavy atom. The number of rotatable bonds is 3. The molecule has 0 amide bonds.